The van der Waals surface area contributed by atoms with Gasteiger partial charge in [0.2, 0.25) is 11.2 Å². The maximum absolute atomic E-state index is 12.4. The smallest absolute Gasteiger partial charge is 0.446 e. The lowest BCUT2D eigenvalue weighted by Gasteiger charge is -2.08. The van der Waals surface area contributed by atoms with Crippen LogP contribution in [0.25, 0.3) is 10.8 Å². The number of rotatable bonds is 6. The minimum Gasteiger partial charge on any atom is -0.482 e. The van der Waals surface area contributed by atoms with Crippen LogP contribution in [0.15, 0.2) is 87.4 Å². The number of alkyl halides is 3. The third kappa shape index (κ3) is 5.07. The summed E-state index contributed by atoms with van der Waals surface area (Å²) in [5.41, 5.74) is -4.01. The van der Waals surface area contributed by atoms with E-state index in [1.807, 2.05) is 41.2 Å². The second-order valence-corrected chi connectivity index (χ2v) is 7.75. The number of nitrogens with zero attached hydrogens (tertiary/aromatic N) is 1. The molecule has 154 valence electrons. The number of hydrogen-bond acceptors (Lipinski definition) is 4. The maximum atomic E-state index is 12.4. The van der Waals surface area contributed by atoms with Gasteiger partial charge in [-0.3, -0.25) is 4.79 Å². The molecule has 30 heavy (non-hydrogen) atoms. The number of halogens is 3. The van der Waals surface area contributed by atoms with Crippen LogP contribution in [0.4, 0.5) is 13.2 Å². The second-order valence-electron chi connectivity index (χ2n) is 6.61. The summed E-state index contributed by atoms with van der Waals surface area (Å²) < 4.78 is 50.1. The van der Waals surface area contributed by atoms with Gasteiger partial charge in [-0.15, -0.1) is 0 Å². The maximum Gasteiger partial charge on any atom is 0.446 e. The second kappa shape index (κ2) is 8.31. The molecule has 0 N–H and O–H groups in total. The Bertz CT molecular complexity index is 1180. The van der Waals surface area contributed by atoms with E-state index in [9.17, 15) is 18.0 Å². The quantitative estimate of drug-likeness (QED) is 0.360. The van der Waals surface area contributed by atoms with Crippen LogP contribution in [0.1, 0.15) is 11.3 Å². The molecule has 0 spiro atoms. The van der Waals surface area contributed by atoms with Gasteiger partial charge in [-0.25, -0.2) is 0 Å². The molecule has 0 radical (unpaired) electrons. The van der Waals surface area contributed by atoms with Gasteiger partial charge in [0.1, 0.15) is 18.6 Å². The average Bonchev–Trinajstić information content (AvgIpc) is 3.09. The monoisotopic (exact) mass is 431 g/mol. The zero-order valence-corrected chi connectivity index (χ0v) is 16.4. The van der Waals surface area contributed by atoms with Crippen molar-refractivity contribution in [3.63, 3.8) is 0 Å². The first-order valence-corrected chi connectivity index (χ1v) is 9.81. The van der Waals surface area contributed by atoms with Crippen molar-refractivity contribution in [2.45, 2.75) is 23.6 Å². The van der Waals surface area contributed by atoms with Crippen LogP contribution in [-0.4, -0.2) is 10.1 Å². The molecule has 2 aromatic carbocycles. The van der Waals surface area contributed by atoms with Gasteiger partial charge < -0.3 is 13.7 Å². The van der Waals surface area contributed by atoms with Gasteiger partial charge in [-0.05, 0) is 40.2 Å². The lowest BCUT2D eigenvalue weighted by molar-refractivity contribution is -0.0328. The van der Waals surface area contributed by atoms with Crippen molar-refractivity contribution in [2.75, 3.05) is 0 Å². The molecule has 4 rings (SSSR count). The lowest BCUT2D eigenvalue weighted by atomic mass is 10.2. The number of fused-ring (bicyclic) bond motifs is 1. The van der Waals surface area contributed by atoms with E-state index in [1.54, 1.807) is 0 Å². The van der Waals surface area contributed by atoms with Crippen LogP contribution in [0.3, 0.4) is 0 Å². The zero-order chi connectivity index (χ0) is 21.1. The van der Waals surface area contributed by atoms with E-state index in [0.717, 1.165) is 10.8 Å². The number of ether oxygens (including phenoxy) is 1. The first-order chi connectivity index (χ1) is 14.4. The highest BCUT2D eigenvalue weighted by Gasteiger charge is 2.29. The van der Waals surface area contributed by atoms with Gasteiger partial charge in [0.05, 0.1) is 6.54 Å². The van der Waals surface area contributed by atoms with E-state index in [1.165, 1.54) is 36.6 Å². The zero-order valence-electron chi connectivity index (χ0n) is 15.6. The highest BCUT2D eigenvalue weighted by molar-refractivity contribution is 8.00. The number of thioether (sulfide) groups is 1. The fourth-order valence-corrected chi connectivity index (χ4v) is 3.53. The van der Waals surface area contributed by atoms with Crippen LogP contribution < -0.4 is 10.2 Å². The molecule has 4 aromatic rings. The normalized spacial score (nSPS) is 11.7. The molecular weight excluding hydrogens is 415 g/mol. The van der Waals surface area contributed by atoms with Crippen LogP contribution in [-0.2, 0) is 13.2 Å². The Morgan fingerprint density at radius 2 is 1.67 bits per heavy atom. The molecule has 0 aliphatic carbocycles. The van der Waals surface area contributed by atoms with E-state index in [-0.39, 0.29) is 34.4 Å². The minimum absolute atomic E-state index is 0.0457. The number of hydrogen-bond donors (Lipinski definition) is 0. The van der Waals surface area contributed by atoms with Crippen molar-refractivity contribution < 1.29 is 22.3 Å². The summed E-state index contributed by atoms with van der Waals surface area (Å²) in [7, 11) is 0. The fourth-order valence-electron chi connectivity index (χ4n) is 2.99. The Hall–Kier alpha value is -3.13. The molecule has 4 nitrogen and oxygen atoms in total. The number of aromatic nitrogens is 1. The lowest BCUT2D eigenvalue weighted by Crippen LogP contribution is -2.09. The standard InChI is InChI=1S/C22H16F3NO3S/c23-22(24,25)30-19-7-5-15(6-8-19)13-29-21-14-28-18(9-20(21)27)12-26-10-16-3-1-2-4-17(16)11-26/h1-11,14H,12-13H2. The van der Waals surface area contributed by atoms with Gasteiger partial charge in [0.25, 0.3) is 0 Å². The highest BCUT2D eigenvalue weighted by atomic mass is 32.2. The molecule has 0 aliphatic heterocycles. The molecule has 0 bridgehead atoms. The van der Waals surface area contributed by atoms with E-state index in [4.69, 9.17) is 9.15 Å². The SMILES string of the molecule is O=c1cc(Cn2cc3ccccc3c2)occ1OCc1ccc(SC(F)(F)F)cc1. The van der Waals surface area contributed by atoms with E-state index < -0.39 is 5.51 Å². The Morgan fingerprint density at radius 3 is 2.27 bits per heavy atom. The van der Waals surface area contributed by atoms with Crippen LogP contribution >= 0.6 is 11.8 Å². The van der Waals surface area contributed by atoms with E-state index in [0.29, 0.717) is 17.9 Å². The Kier molecular flexibility index (Phi) is 5.59. The first kappa shape index (κ1) is 20.2. The Balaban J connectivity index is 1.39. The molecule has 0 amide bonds. The first-order valence-electron chi connectivity index (χ1n) is 8.99. The van der Waals surface area contributed by atoms with Crippen molar-refractivity contribution in [1.29, 1.82) is 0 Å². The summed E-state index contributed by atoms with van der Waals surface area (Å²) in [5.74, 6) is 0.534. The summed E-state index contributed by atoms with van der Waals surface area (Å²) in [4.78, 5) is 12.4. The Labute approximate surface area is 173 Å². The molecule has 0 saturated heterocycles. The van der Waals surface area contributed by atoms with Gasteiger partial charge >= 0.3 is 5.51 Å². The largest absolute Gasteiger partial charge is 0.482 e. The molecule has 0 atom stereocenters. The predicted octanol–water partition coefficient (Wildman–Crippen LogP) is 5.83. The molecule has 8 heteroatoms. The van der Waals surface area contributed by atoms with Crippen molar-refractivity contribution in [1.82, 2.24) is 4.57 Å². The van der Waals surface area contributed by atoms with Gasteiger partial charge in [-0.2, -0.15) is 13.2 Å². The molecule has 0 fully saturated rings. The summed E-state index contributed by atoms with van der Waals surface area (Å²) in [6.45, 7) is 0.451. The van der Waals surface area contributed by atoms with Crippen LogP contribution in [0, 0.1) is 0 Å². The van der Waals surface area contributed by atoms with Crippen molar-refractivity contribution >= 4 is 22.5 Å². The molecule has 2 heterocycles. The van der Waals surface area contributed by atoms with Crippen LogP contribution in [0.2, 0.25) is 0 Å². The third-order valence-corrected chi connectivity index (χ3v) is 5.09. The minimum atomic E-state index is -4.33. The number of benzene rings is 2. The van der Waals surface area contributed by atoms with Gasteiger partial charge in [0.15, 0.2) is 0 Å². The molecule has 0 unspecified atom stereocenters. The summed E-state index contributed by atoms with van der Waals surface area (Å²) in [6.07, 6.45) is 5.20. The summed E-state index contributed by atoms with van der Waals surface area (Å²) in [6, 6.07) is 15.1. The van der Waals surface area contributed by atoms with E-state index >= 15 is 0 Å². The van der Waals surface area contributed by atoms with Gasteiger partial charge in [0, 0.05) is 23.4 Å². The summed E-state index contributed by atoms with van der Waals surface area (Å²) >= 11 is -0.178. The third-order valence-electron chi connectivity index (χ3n) is 4.35. The van der Waals surface area contributed by atoms with Crippen molar-refractivity contribution in [2.24, 2.45) is 0 Å². The predicted molar refractivity (Wildman–Crippen MR) is 109 cm³/mol. The molecule has 0 saturated carbocycles. The van der Waals surface area contributed by atoms with E-state index in [2.05, 4.69) is 0 Å². The fraction of sp³-hybridized carbons (Fsp3) is 0.136. The van der Waals surface area contributed by atoms with Gasteiger partial charge in [-0.1, -0.05) is 36.4 Å². The van der Waals surface area contributed by atoms with Crippen molar-refractivity contribution in [3.05, 3.63) is 94.8 Å². The van der Waals surface area contributed by atoms with Crippen LogP contribution in [0.5, 0.6) is 5.75 Å². The van der Waals surface area contributed by atoms with Crippen molar-refractivity contribution in [3.8, 4) is 5.75 Å². The molecule has 2 aromatic heterocycles. The topological polar surface area (TPSA) is 44.4 Å². The molecular formula is C22H16F3NO3S. The summed E-state index contributed by atoms with van der Waals surface area (Å²) in [5, 5.41) is 2.19. The highest BCUT2D eigenvalue weighted by Crippen LogP contribution is 2.36. The average molecular weight is 431 g/mol. The molecule has 0 aliphatic rings. The Morgan fingerprint density at radius 1 is 1.00 bits per heavy atom.